The smallest absolute Gasteiger partial charge is 0.225 e. The number of nitrogens with zero attached hydrogens (tertiary/aromatic N) is 4. The monoisotopic (exact) mass is 447 g/mol. The number of fused-ring (bicyclic) bond motifs is 3. The van der Waals surface area contributed by atoms with Crippen molar-refractivity contribution in [3.05, 3.63) is 78.0 Å². The maximum Gasteiger partial charge on any atom is 0.225 e. The number of benzene rings is 2. The van der Waals surface area contributed by atoms with E-state index in [1.165, 1.54) is 12.1 Å². The number of carbonyl (C=O) groups excluding carboxylic acids is 1. The molecule has 2 atom stereocenters. The highest BCUT2D eigenvalue weighted by atomic mass is 19.1. The lowest BCUT2D eigenvalue weighted by Gasteiger charge is -2.49. The second-order valence-corrected chi connectivity index (χ2v) is 8.42. The summed E-state index contributed by atoms with van der Waals surface area (Å²) in [5, 5.41) is 3.03. The average molecular weight is 448 g/mol. The Labute approximate surface area is 192 Å². The van der Waals surface area contributed by atoms with Crippen molar-refractivity contribution in [2.24, 2.45) is 5.92 Å². The Morgan fingerprint density at radius 2 is 2.12 bits per heavy atom. The van der Waals surface area contributed by atoms with Crippen molar-refractivity contribution < 1.29 is 13.9 Å². The van der Waals surface area contributed by atoms with E-state index < -0.39 is 0 Å². The van der Waals surface area contributed by atoms with E-state index in [-0.39, 0.29) is 23.7 Å². The first-order valence-electron chi connectivity index (χ1n) is 11.1. The highest BCUT2D eigenvalue weighted by molar-refractivity contribution is 5.82. The van der Waals surface area contributed by atoms with Gasteiger partial charge in [-0.1, -0.05) is 18.2 Å². The number of methoxy groups -OCH3 is 1. The zero-order valence-corrected chi connectivity index (χ0v) is 18.4. The highest BCUT2D eigenvalue weighted by Crippen LogP contribution is 2.38. The van der Waals surface area contributed by atoms with Crippen LogP contribution >= 0.6 is 0 Å². The minimum atomic E-state index is -0.305. The van der Waals surface area contributed by atoms with Gasteiger partial charge in [-0.2, -0.15) is 0 Å². The lowest BCUT2D eigenvalue weighted by Crippen LogP contribution is -2.61. The van der Waals surface area contributed by atoms with Crippen LogP contribution in [0.15, 0.2) is 61.1 Å². The Kier molecular flexibility index (Phi) is 5.81. The van der Waals surface area contributed by atoms with Gasteiger partial charge in [0.1, 0.15) is 17.4 Å². The van der Waals surface area contributed by atoms with E-state index in [9.17, 15) is 9.18 Å². The molecule has 5 rings (SSSR count). The first-order valence-corrected chi connectivity index (χ1v) is 11.1. The van der Waals surface area contributed by atoms with Gasteiger partial charge in [0.2, 0.25) is 5.91 Å². The van der Waals surface area contributed by atoms with Crippen LogP contribution in [0, 0.1) is 11.7 Å². The number of nitrogens with one attached hydrogen (secondary N) is 1. The van der Waals surface area contributed by atoms with E-state index in [1.807, 2.05) is 18.2 Å². The molecule has 1 N–H and O–H groups in total. The third-order valence-electron chi connectivity index (χ3n) is 6.49. The molecule has 7 nitrogen and oxygen atoms in total. The van der Waals surface area contributed by atoms with Gasteiger partial charge in [0, 0.05) is 50.3 Å². The summed E-state index contributed by atoms with van der Waals surface area (Å²) in [5.74, 6) is 1.03. The normalized spacial score (nSPS) is 19.5. The minimum Gasteiger partial charge on any atom is -0.497 e. The van der Waals surface area contributed by atoms with Crippen molar-refractivity contribution in [1.29, 1.82) is 0 Å². The molecule has 0 spiro atoms. The van der Waals surface area contributed by atoms with Crippen LogP contribution in [-0.2, 0) is 17.8 Å². The van der Waals surface area contributed by atoms with Crippen LogP contribution in [0.25, 0.3) is 0 Å². The third-order valence-corrected chi connectivity index (χ3v) is 6.49. The molecular weight excluding hydrogens is 421 g/mol. The van der Waals surface area contributed by atoms with Crippen LogP contribution in [0.5, 0.6) is 5.75 Å². The number of carbonyl (C=O) groups is 1. The highest BCUT2D eigenvalue weighted by Gasteiger charge is 2.42. The molecule has 2 aromatic carbocycles. The predicted molar refractivity (Wildman–Crippen MR) is 124 cm³/mol. The first-order chi connectivity index (χ1) is 16.1. The van der Waals surface area contributed by atoms with E-state index in [0.717, 1.165) is 41.5 Å². The lowest BCUT2D eigenvalue weighted by atomic mass is 9.83. The van der Waals surface area contributed by atoms with E-state index in [4.69, 9.17) is 4.74 Å². The van der Waals surface area contributed by atoms with E-state index in [2.05, 4.69) is 31.2 Å². The summed E-state index contributed by atoms with van der Waals surface area (Å²) in [5.41, 5.74) is 2.99. The Bertz CT molecular complexity index is 1140. The fourth-order valence-electron chi connectivity index (χ4n) is 4.83. The summed E-state index contributed by atoms with van der Waals surface area (Å²) in [4.78, 5) is 26.5. The zero-order chi connectivity index (χ0) is 22.8. The summed E-state index contributed by atoms with van der Waals surface area (Å²) in [6.45, 7) is 2.50. The van der Waals surface area contributed by atoms with Crippen molar-refractivity contribution in [2.45, 2.75) is 19.0 Å². The molecule has 8 heteroatoms. The maximum absolute atomic E-state index is 13.6. The van der Waals surface area contributed by atoms with E-state index in [1.54, 1.807) is 31.8 Å². The molecule has 0 saturated carbocycles. The second-order valence-electron chi connectivity index (χ2n) is 8.42. The van der Waals surface area contributed by atoms with Crippen molar-refractivity contribution in [1.82, 2.24) is 15.3 Å². The molecule has 2 aliphatic heterocycles. The molecule has 3 aromatic rings. The first kappa shape index (κ1) is 21.2. The Hall–Kier alpha value is -3.68. The SMILES string of the molecule is COc1ccc2c(c1)N1CCN(c3cnccn3)C[C@@H]1[C@H](C(=O)NCc1cccc(F)c1)C2. The standard InChI is InChI=1S/C25H26FN5O2/c1-33-20-6-5-18-12-21(25(32)29-14-17-3-2-4-19(26)11-17)23-16-30(24-15-27-7-8-28-24)9-10-31(23)22(18)13-20/h2-8,11,13,15,21,23H,9-10,12,14,16H2,1H3,(H,29,32)/t21-,23-/m1/s1. The number of aromatic nitrogens is 2. The van der Waals surface area contributed by atoms with Crippen LogP contribution in [0.1, 0.15) is 11.1 Å². The minimum absolute atomic E-state index is 0.0308. The summed E-state index contributed by atoms with van der Waals surface area (Å²) in [7, 11) is 1.66. The van der Waals surface area contributed by atoms with Crippen LogP contribution in [0.2, 0.25) is 0 Å². The molecule has 1 aromatic heterocycles. The fourth-order valence-corrected chi connectivity index (χ4v) is 4.83. The third kappa shape index (κ3) is 4.33. The van der Waals surface area contributed by atoms with Crippen LogP contribution in [0.4, 0.5) is 15.9 Å². The number of hydrogen-bond acceptors (Lipinski definition) is 6. The Morgan fingerprint density at radius 1 is 1.21 bits per heavy atom. The molecule has 2 aliphatic rings. The topological polar surface area (TPSA) is 70.6 Å². The number of ether oxygens (including phenoxy) is 1. The molecule has 1 saturated heterocycles. The summed E-state index contributed by atoms with van der Waals surface area (Å²) in [6.07, 6.45) is 5.73. The van der Waals surface area contributed by atoms with Gasteiger partial charge in [0.05, 0.1) is 25.3 Å². The maximum atomic E-state index is 13.6. The van der Waals surface area contributed by atoms with E-state index in [0.29, 0.717) is 19.5 Å². The molecule has 0 unspecified atom stereocenters. The number of halogens is 1. The number of hydrogen-bond donors (Lipinski definition) is 1. The number of piperazine rings is 1. The summed E-state index contributed by atoms with van der Waals surface area (Å²) >= 11 is 0. The second kappa shape index (κ2) is 9.05. The molecule has 0 aliphatic carbocycles. The van der Waals surface area contributed by atoms with Gasteiger partial charge in [-0.3, -0.25) is 9.78 Å². The number of anilines is 2. The van der Waals surface area contributed by atoms with Crippen molar-refractivity contribution in [2.75, 3.05) is 36.5 Å². The van der Waals surface area contributed by atoms with Gasteiger partial charge in [-0.15, -0.1) is 0 Å². The molecule has 170 valence electrons. The van der Waals surface area contributed by atoms with Crippen LogP contribution in [0.3, 0.4) is 0 Å². The summed E-state index contributed by atoms with van der Waals surface area (Å²) < 4.78 is 19.0. The van der Waals surface area contributed by atoms with Gasteiger partial charge < -0.3 is 19.9 Å². The van der Waals surface area contributed by atoms with Gasteiger partial charge in [-0.05, 0) is 35.7 Å². The van der Waals surface area contributed by atoms with Gasteiger partial charge in [-0.25, -0.2) is 9.37 Å². The van der Waals surface area contributed by atoms with Crippen LogP contribution in [-0.4, -0.2) is 48.7 Å². The lowest BCUT2D eigenvalue weighted by molar-refractivity contribution is -0.126. The Morgan fingerprint density at radius 3 is 2.91 bits per heavy atom. The van der Waals surface area contributed by atoms with Crippen molar-refractivity contribution in [3.63, 3.8) is 0 Å². The fraction of sp³-hybridized carbons (Fsp3) is 0.320. The van der Waals surface area contributed by atoms with Crippen molar-refractivity contribution >= 4 is 17.4 Å². The molecule has 0 bridgehead atoms. The number of amides is 1. The summed E-state index contributed by atoms with van der Waals surface area (Å²) in [6, 6.07) is 12.3. The molecule has 1 fully saturated rings. The quantitative estimate of drug-likeness (QED) is 0.649. The van der Waals surface area contributed by atoms with Gasteiger partial charge in [0.25, 0.3) is 0 Å². The average Bonchev–Trinajstić information content (AvgIpc) is 2.86. The zero-order valence-electron chi connectivity index (χ0n) is 18.4. The Balaban J connectivity index is 1.41. The van der Waals surface area contributed by atoms with Gasteiger partial charge >= 0.3 is 0 Å². The largest absolute Gasteiger partial charge is 0.497 e. The predicted octanol–water partition coefficient (Wildman–Crippen LogP) is 2.81. The number of rotatable bonds is 5. The molecular formula is C25H26FN5O2. The van der Waals surface area contributed by atoms with E-state index >= 15 is 0 Å². The molecule has 1 amide bonds. The van der Waals surface area contributed by atoms with Crippen LogP contribution < -0.4 is 19.9 Å². The van der Waals surface area contributed by atoms with Crippen molar-refractivity contribution in [3.8, 4) is 5.75 Å². The molecule has 33 heavy (non-hydrogen) atoms. The molecule has 3 heterocycles. The molecule has 0 radical (unpaired) electrons. The van der Waals surface area contributed by atoms with Gasteiger partial charge in [0.15, 0.2) is 0 Å².